The van der Waals surface area contributed by atoms with E-state index in [2.05, 4.69) is 5.16 Å². The van der Waals surface area contributed by atoms with Gasteiger partial charge in [-0.2, -0.15) is 0 Å². The number of halogens is 1. The zero-order valence-electron chi connectivity index (χ0n) is 9.36. The first-order valence-electron chi connectivity index (χ1n) is 4.80. The Kier molecular flexibility index (Phi) is 3.10. The molecule has 0 atom stereocenters. The van der Waals surface area contributed by atoms with E-state index in [1.807, 2.05) is 0 Å². The number of ether oxygens (including phenoxy) is 2. The highest BCUT2D eigenvalue weighted by molar-refractivity contribution is 6.32. The molecule has 2 aromatic rings. The maximum atomic E-state index is 6.04. The number of benzene rings is 1. The van der Waals surface area contributed by atoms with Crippen LogP contribution in [0.4, 0.5) is 5.82 Å². The van der Waals surface area contributed by atoms with E-state index in [-0.39, 0.29) is 5.82 Å². The van der Waals surface area contributed by atoms with Crippen LogP contribution in [0.15, 0.2) is 22.7 Å². The van der Waals surface area contributed by atoms with Gasteiger partial charge in [-0.05, 0) is 12.1 Å². The van der Waals surface area contributed by atoms with Crippen LogP contribution in [0.3, 0.4) is 0 Å². The van der Waals surface area contributed by atoms with Crippen molar-refractivity contribution in [3.8, 4) is 22.8 Å². The van der Waals surface area contributed by atoms with Crippen LogP contribution in [-0.4, -0.2) is 19.4 Å². The van der Waals surface area contributed by atoms with Gasteiger partial charge in [-0.25, -0.2) is 0 Å². The maximum absolute atomic E-state index is 6.04. The third kappa shape index (κ3) is 2.01. The zero-order valence-corrected chi connectivity index (χ0v) is 10.1. The van der Waals surface area contributed by atoms with Crippen molar-refractivity contribution in [2.24, 2.45) is 0 Å². The Morgan fingerprint density at radius 3 is 2.59 bits per heavy atom. The minimum Gasteiger partial charge on any atom is -0.496 e. The molecule has 0 saturated carbocycles. The Labute approximate surface area is 103 Å². The molecule has 5 nitrogen and oxygen atoms in total. The van der Waals surface area contributed by atoms with Crippen LogP contribution in [0, 0.1) is 0 Å². The third-order valence-corrected chi connectivity index (χ3v) is 2.57. The number of rotatable bonds is 3. The monoisotopic (exact) mass is 254 g/mol. The Morgan fingerprint density at radius 2 is 2.06 bits per heavy atom. The summed E-state index contributed by atoms with van der Waals surface area (Å²) in [6, 6.07) is 4.98. The third-order valence-electron chi connectivity index (χ3n) is 2.27. The summed E-state index contributed by atoms with van der Waals surface area (Å²) in [6.45, 7) is 0. The number of nitrogen functional groups attached to an aromatic ring is 1. The molecule has 2 rings (SSSR count). The molecule has 0 saturated heterocycles. The van der Waals surface area contributed by atoms with Crippen molar-refractivity contribution < 1.29 is 14.0 Å². The second-order valence-corrected chi connectivity index (χ2v) is 3.68. The van der Waals surface area contributed by atoms with Gasteiger partial charge in [0.05, 0.1) is 19.2 Å². The molecule has 90 valence electrons. The first kappa shape index (κ1) is 11.6. The van der Waals surface area contributed by atoms with Gasteiger partial charge < -0.3 is 19.7 Å². The molecule has 0 radical (unpaired) electrons. The average Bonchev–Trinajstić information content (AvgIpc) is 2.75. The molecule has 0 fully saturated rings. The molecule has 0 bridgehead atoms. The van der Waals surface area contributed by atoms with E-state index in [0.717, 1.165) is 0 Å². The molecule has 0 aliphatic heterocycles. The van der Waals surface area contributed by atoms with Gasteiger partial charge in [-0.3, -0.25) is 0 Å². The van der Waals surface area contributed by atoms with Crippen LogP contribution in [-0.2, 0) is 0 Å². The van der Waals surface area contributed by atoms with E-state index in [1.165, 1.54) is 7.11 Å². The van der Waals surface area contributed by atoms with E-state index in [0.29, 0.717) is 27.8 Å². The SMILES string of the molecule is COc1ccc(Cl)c(OC)c1-c1cc(N)no1. The van der Waals surface area contributed by atoms with Crippen molar-refractivity contribution in [3.05, 3.63) is 23.2 Å². The van der Waals surface area contributed by atoms with Crippen LogP contribution < -0.4 is 15.2 Å². The lowest BCUT2D eigenvalue weighted by Gasteiger charge is -2.11. The number of nitrogens with two attached hydrogens (primary N) is 1. The molecule has 1 aromatic carbocycles. The second kappa shape index (κ2) is 4.55. The predicted molar refractivity (Wildman–Crippen MR) is 64.5 cm³/mol. The molecule has 0 spiro atoms. The fourth-order valence-electron chi connectivity index (χ4n) is 1.55. The molecule has 0 amide bonds. The first-order chi connectivity index (χ1) is 8.17. The maximum Gasteiger partial charge on any atom is 0.176 e. The van der Waals surface area contributed by atoms with Crippen LogP contribution in [0.1, 0.15) is 0 Å². The molecule has 6 heteroatoms. The van der Waals surface area contributed by atoms with Gasteiger partial charge in [0.1, 0.15) is 11.3 Å². The quantitative estimate of drug-likeness (QED) is 0.912. The van der Waals surface area contributed by atoms with Crippen LogP contribution >= 0.6 is 11.6 Å². The van der Waals surface area contributed by atoms with E-state index in [4.69, 9.17) is 31.3 Å². The summed E-state index contributed by atoms with van der Waals surface area (Å²) >= 11 is 6.04. The molecule has 0 unspecified atom stereocenters. The van der Waals surface area contributed by atoms with Crippen molar-refractivity contribution >= 4 is 17.4 Å². The number of methoxy groups -OCH3 is 2. The molecule has 0 aliphatic rings. The predicted octanol–water partition coefficient (Wildman–Crippen LogP) is 2.59. The van der Waals surface area contributed by atoms with E-state index in [9.17, 15) is 0 Å². The Morgan fingerprint density at radius 1 is 1.29 bits per heavy atom. The molecule has 1 aromatic heterocycles. The normalized spacial score (nSPS) is 10.3. The summed E-state index contributed by atoms with van der Waals surface area (Å²) in [5, 5.41) is 4.08. The second-order valence-electron chi connectivity index (χ2n) is 3.27. The van der Waals surface area contributed by atoms with Gasteiger partial charge in [-0.15, -0.1) is 0 Å². The lowest BCUT2D eigenvalue weighted by Crippen LogP contribution is -1.93. The highest BCUT2D eigenvalue weighted by Gasteiger charge is 2.19. The Bertz CT molecular complexity index is 540. The number of aromatic nitrogens is 1. The fourth-order valence-corrected chi connectivity index (χ4v) is 1.78. The molecule has 2 N–H and O–H groups in total. The highest BCUT2D eigenvalue weighted by atomic mass is 35.5. The van der Waals surface area contributed by atoms with Gasteiger partial charge in [0.15, 0.2) is 17.3 Å². The van der Waals surface area contributed by atoms with Crippen molar-refractivity contribution in [1.29, 1.82) is 0 Å². The van der Waals surface area contributed by atoms with Gasteiger partial charge in [0.2, 0.25) is 0 Å². The van der Waals surface area contributed by atoms with Crippen LogP contribution in [0.25, 0.3) is 11.3 Å². The van der Waals surface area contributed by atoms with Gasteiger partial charge in [0, 0.05) is 6.07 Å². The summed E-state index contributed by atoms with van der Waals surface area (Å²) in [5.74, 6) is 1.76. The molecule has 17 heavy (non-hydrogen) atoms. The molecule has 0 aliphatic carbocycles. The van der Waals surface area contributed by atoms with Crippen LogP contribution in [0.2, 0.25) is 5.02 Å². The van der Waals surface area contributed by atoms with Crippen molar-refractivity contribution in [3.63, 3.8) is 0 Å². The van der Waals surface area contributed by atoms with Crippen molar-refractivity contribution in [2.45, 2.75) is 0 Å². The molecule has 1 heterocycles. The number of nitrogens with zero attached hydrogens (tertiary/aromatic N) is 1. The summed E-state index contributed by atoms with van der Waals surface area (Å²) in [5.41, 5.74) is 6.11. The minimum absolute atomic E-state index is 0.282. The van der Waals surface area contributed by atoms with Crippen LogP contribution in [0.5, 0.6) is 11.5 Å². The topological polar surface area (TPSA) is 70.5 Å². The summed E-state index contributed by atoms with van der Waals surface area (Å²) < 4.78 is 15.6. The van der Waals surface area contributed by atoms with Gasteiger partial charge >= 0.3 is 0 Å². The van der Waals surface area contributed by atoms with Crippen molar-refractivity contribution in [2.75, 3.05) is 20.0 Å². The smallest absolute Gasteiger partial charge is 0.176 e. The summed E-state index contributed by atoms with van der Waals surface area (Å²) in [6.07, 6.45) is 0. The number of anilines is 1. The Hall–Kier alpha value is -1.88. The number of hydrogen-bond donors (Lipinski definition) is 1. The minimum atomic E-state index is 0.282. The Balaban J connectivity index is 2.68. The largest absolute Gasteiger partial charge is 0.496 e. The summed E-state index contributed by atoms with van der Waals surface area (Å²) in [7, 11) is 3.07. The van der Waals surface area contributed by atoms with E-state index >= 15 is 0 Å². The van der Waals surface area contributed by atoms with E-state index < -0.39 is 0 Å². The molecular formula is C11H11ClN2O3. The molecular weight excluding hydrogens is 244 g/mol. The number of hydrogen-bond acceptors (Lipinski definition) is 5. The standard InChI is InChI=1S/C11H11ClN2O3/c1-15-7-4-3-6(12)11(16-2)10(7)8-5-9(13)14-17-8/h3-5H,1-2H3,(H2,13,14). The lowest BCUT2D eigenvalue weighted by atomic mass is 10.1. The zero-order chi connectivity index (χ0) is 12.4. The van der Waals surface area contributed by atoms with Gasteiger partial charge in [0.25, 0.3) is 0 Å². The summed E-state index contributed by atoms with van der Waals surface area (Å²) in [4.78, 5) is 0. The van der Waals surface area contributed by atoms with Crippen molar-refractivity contribution in [1.82, 2.24) is 5.16 Å². The fraction of sp³-hybridized carbons (Fsp3) is 0.182. The van der Waals surface area contributed by atoms with Gasteiger partial charge in [-0.1, -0.05) is 16.8 Å². The first-order valence-corrected chi connectivity index (χ1v) is 5.18. The lowest BCUT2D eigenvalue weighted by molar-refractivity contribution is 0.387. The highest BCUT2D eigenvalue weighted by Crippen LogP contribution is 2.43. The average molecular weight is 255 g/mol. The van der Waals surface area contributed by atoms with E-state index in [1.54, 1.807) is 25.3 Å².